The number of hydrogen-bond donors (Lipinski definition) is 2. The number of amides is 1. The predicted molar refractivity (Wildman–Crippen MR) is 156 cm³/mol. The van der Waals surface area contributed by atoms with Crippen LogP contribution < -0.4 is 20.9 Å². The number of hydrogen-bond acceptors (Lipinski definition) is 6. The average molecular weight is 559 g/mol. The molecule has 5 rings (SSSR count). The monoisotopic (exact) mass is 558 g/mol. The summed E-state index contributed by atoms with van der Waals surface area (Å²) in [5.41, 5.74) is 0.253. The van der Waals surface area contributed by atoms with Crippen molar-refractivity contribution in [3.8, 4) is 17.2 Å². The molecule has 1 fully saturated rings. The van der Waals surface area contributed by atoms with Crippen LogP contribution in [-0.2, 0) is 0 Å². The van der Waals surface area contributed by atoms with E-state index in [1.807, 2.05) is 6.07 Å². The molecule has 0 atom stereocenters. The lowest BCUT2D eigenvalue weighted by molar-refractivity contribution is 0.102. The zero-order valence-corrected chi connectivity index (χ0v) is 22.5. The minimum Gasteiger partial charge on any atom is -0.454 e. The molecule has 1 saturated heterocycles. The second-order valence-corrected chi connectivity index (χ2v) is 9.62. The summed E-state index contributed by atoms with van der Waals surface area (Å²) in [6.45, 7) is 3.48. The summed E-state index contributed by atoms with van der Waals surface area (Å²) in [5.74, 6) is -0.533. The Morgan fingerprint density at radius 1 is 0.975 bits per heavy atom. The van der Waals surface area contributed by atoms with E-state index in [1.54, 1.807) is 54.9 Å². The Balaban J connectivity index is 1.24. The van der Waals surface area contributed by atoms with Gasteiger partial charge in [-0.2, -0.15) is 0 Å². The number of carbonyl (C=O) groups excluding carboxylic acids is 1. The predicted octanol–water partition coefficient (Wildman–Crippen LogP) is 4.36. The lowest BCUT2D eigenvalue weighted by Gasteiger charge is -2.34. The van der Waals surface area contributed by atoms with Gasteiger partial charge in [-0.05, 0) is 61.7 Å². The van der Waals surface area contributed by atoms with Gasteiger partial charge in [-0.25, -0.2) is 9.37 Å². The van der Waals surface area contributed by atoms with Gasteiger partial charge in [0.2, 0.25) is 0 Å². The van der Waals surface area contributed by atoms with Crippen molar-refractivity contribution in [1.29, 1.82) is 0 Å². The van der Waals surface area contributed by atoms with E-state index in [-0.39, 0.29) is 17.0 Å². The molecule has 40 heavy (non-hydrogen) atoms. The van der Waals surface area contributed by atoms with Gasteiger partial charge >= 0.3 is 0 Å². The minimum absolute atomic E-state index is 0.0389. The van der Waals surface area contributed by atoms with Gasteiger partial charge in [0.05, 0.1) is 0 Å². The Hall–Kier alpha value is -4.61. The van der Waals surface area contributed by atoms with E-state index in [9.17, 15) is 14.0 Å². The first-order valence-electron chi connectivity index (χ1n) is 12.6. The van der Waals surface area contributed by atoms with E-state index in [0.29, 0.717) is 22.4 Å². The highest BCUT2D eigenvalue weighted by molar-refractivity contribution is 7.80. The van der Waals surface area contributed by atoms with Crippen LogP contribution in [0.1, 0.15) is 10.4 Å². The van der Waals surface area contributed by atoms with Gasteiger partial charge in [0.15, 0.2) is 16.7 Å². The fourth-order valence-corrected chi connectivity index (χ4v) is 4.47. The zero-order valence-electron chi connectivity index (χ0n) is 21.7. The molecule has 4 aromatic rings. The highest BCUT2D eigenvalue weighted by Crippen LogP contribution is 2.28. The maximum Gasteiger partial charge on any atom is 0.267 e. The number of anilines is 2. The fourth-order valence-electron chi connectivity index (χ4n) is 4.19. The Morgan fingerprint density at radius 3 is 2.50 bits per heavy atom. The Morgan fingerprint density at radius 2 is 1.75 bits per heavy atom. The number of benzene rings is 2. The molecule has 2 N–H and O–H groups in total. The van der Waals surface area contributed by atoms with E-state index >= 15 is 0 Å². The minimum atomic E-state index is -0.688. The molecule has 11 heteroatoms. The van der Waals surface area contributed by atoms with Crippen molar-refractivity contribution >= 4 is 34.7 Å². The molecule has 1 aliphatic heterocycles. The summed E-state index contributed by atoms with van der Waals surface area (Å²) >= 11 is 5.51. The number of carbonyl (C=O) groups is 1. The fraction of sp³-hybridized carbons (Fsp3) is 0.172. The quantitative estimate of drug-likeness (QED) is 0.338. The molecule has 1 aliphatic rings. The number of pyridine rings is 2. The molecule has 0 bridgehead atoms. The van der Waals surface area contributed by atoms with Gasteiger partial charge in [0.1, 0.15) is 17.1 Å². The molecular formula is C29H27FN6O3S. The standard InChI is InChI=1S/C29H27FN6O3S/c1-34-14-16-35(17-15-34)29(40)33-26-19-22(11-12-31-26)39-25-10-9-20(18-24(25)30)32-27(37)23-8-5-13-36(28(23)38)21-6-3-2-4-7-21/h2-13,18-19H,14-17H2,1H3,(H,32,37)(H,31,33,40). The number of thiocarbonyl (C=S) groups is 1. The third-order valence-corrected chi connectivity index (χ3v) is 6.76. The SMILES string of the molecule is CN1CCN(C(=S)Nc2cc(Oc3ccc(NC(=O)c4cccn(-c5ccccc5)c4=O)cc3F)ccn2)CC1. The number of rotatable bonds is 6. The van der Waals surface area contributed by atoms with Gasteiger partial charge in [-0.15, -0.1) is 0 Å². The summed E-state index contributed by atoms with van der Waals surface area (Å²) in [5, 5.41) is 6.26. The van der Waals surface area contributed by atoms with Gasteiger partial charge in [0, 0.05) is 62.1 Å². The van der Waals surface area contributed by atoms with Crippen LogP contribution in [0.3, 0.4) is 0 Å². The van der Waals surface area contributed by atoms with Gasteiger partial charge in [-0.1, -0.05) is 18.2 Å². The average Bonchev–Trinajstić information content (AvgIpc) is 2.95. The number of nitrogens with one attached hydrogen (secondary N) is 2. The van der Waals surface area contributed by atoms with Gasteiger partial charge in [0.25, 0.3) is 11.5 Å². The second kappa shape index (κ2) is 12.1. The van der Waals surface area contributed by atoms with Gasteiger partial charge < -0.3 is 25.2 Å². The largest absolute Gasteiger partial charge is 0.454 e. The van der Waals surface area contributed by atoms with Crippen LogP contribution in [0.2, 0.25) is 0 Å². The first kappa shape index (κ1) is 27.0. The van der Waals surface area contributed by atoms with Crippen molar-refractivity contribution in [1.82, 2.24) is 19.4 Å². The molecule has 0 radical (unpaired) electrons. The maximum absolute atomic E-state index is 14.9. The summed E-state index contributed by atoms with van der Waals surface area (Å²) in [6, 6.07) is 19.3. The third kappa shape index (κ3) is 6.33. The molecule has 2 aromatic heterocycles. The molecular weight excluding hydrogens is 531 g/mol. The lowest BCUT2D eigenvalue weighted by atomic mass is 10.2. The molecule has 3 heterocycles. The molecule has 0 unspecified atom stereocenters. The number of halogens is 1. The highest BCUT2D eigenvalue weighted by Gasteiger charge is 2.18. The van der Waals surface area contributed by atoms with Crippen LogP contribution in [0.4, 0.5) is 15.9 Å². The van der Waals surface area contributed by atoms with E-state index in [0.717, 1.165) is 32.2 Å². The topological polar surface area (TPSA) is 91.7 Å². The first-order chi connectivity index (χ1) is 19.4. The van der Waals surface area contributed by atoms with Crippen LogP contribution in [0.5, 0.6) is 11.5 Å². The Kier molecular flexibility index (Phi) is 8.13. The first-order valence-corrected chi connectivity index (χ1v) is 13.0. The molecule has 204 valence electrons. The number of ether oxygens (including phenoxy) is 1. The Labute approximate surface area is 235 Å². The second-order valence-electron chi connectivity index (χ2n) is 9.23. The van der Waals surface area contributed by atoms with E-state index < -0.39 is 17.3 Å². The van der Waals surface area contributed by atoms with Crippen LogP contribution >= 0.6 is 12.2 Å². The molecule has 0 saturated carbocycles. The van der Waals surface area contributed by atoms with E-state index in [4.69, 9.17) is 17.0 Å². The van der Waals surface area contributed by atoms with Crippen molar-refractivity contribution < 1.29 is 13.9 Å². The van der Waals surface area contributed by atoms with Crippen molar-refractivity contribution in [3.05, 3.63) is 107 Å². The Bertz CT molecular complexity index is 1590. The smallest absolute Gasteiger partial charge is 0.267 e. The summed E-state index contributed by atoms with van der Waals surface area (Å²) in [4.78, 5) is 34.3. The number of para-hydroxylation sites is 1. The summed E-state index contributed by atoms with van der Waals surface area (Å²) in [7, 11) is 2.07. The number of aromatic nitrogens is 2. The normalized spacial score (nSPS) is 13.5. The zero-order chi connectivity index (χ0) is 28.1. The lowest BCUT2D eigenvalue weighted by Crippen LogP contribution is -2.48. The molecule has 0 aliphatic carbocycles. The van der Waals surface area contributed by atoms with Gasteiger partial charge in [-0.3, -0.25) is 14.2 Å². The van der Waals surface area contributed by atoms with Crippen LogP contribution in [0, 0.1) is 5.82 Å². The summed E-state index contributed by atoms with van der Waals surface area (Å²) < 4.78 is 22.0. The van der Waals surface area contributed by atoms with Crippen molar-refractivity contribution in [3.63, 3.8) is 0 Å². The van der Waals surface area contributed by atoms with Crippen LogP contribution in [0.25, 0.3) is 5.69 Å². The van der Waals surface area contributed by atoms with Crippen LogP contribution in [0.15, 0.2) is 90.0 Å². The van der Waals surface area contributed by atoms with Crippen LogP contribution in [-0.4, -0.2) is 63.6 Å². The molecule has 9 nitrogen and oxygen atoms in total. The van der Waals surface area contributed by atoms with Crippen molar-refractivity contribution in [2.75, 3.05) is 43.9 Å². The van der Waals surface area contributed by atoms with Crippen molar-refractivity contribution in [2.24, 2.45) is 0 Å². The highest BCUT2D eigenvalue weighted by atomic mass is 32.1. The number of nitrogens with zero attached hydrogens (tertiary/aromatic N) is 4. The van der Waals surface area contributed by atoms with E-state index in [1.165, 1.54) is 22.8 Å². The maximum atomic E-state index is 14.9. The number of piperazine rings is 1. The molecule has 1 amide bonds. The van der Waals surface area contributed by atoms with Crippen molar-refractivity contribution in [2.45, 2.75) is 0 Å². The number of likely N-dealkylation sites (N-methyl/N-ethyl adjacent to an activating group) is 1. The molecule has 0 spiro atoms. The molecule has 2 aromatic carbocycles. The summed E-state index contributed by atoms with van der Waals surface area (Å²) in [6.07, 6.45) is 3.12. The third-order valence-electron chi connectivity index (χ3n) is 6.40. The van der Waals surface area contributed by atoms with E-state index in [2.05, 4.69) is 32.5 Å².